The minimum absolute atomic E-state index is 0.265. The number of aliphatic hydroxyl groups is 9. The van der Waals surface area contributed by atoms with Gasteiger partial charge in [-0.2, -0.15) is 10.5 Å². The number of aliphatic hydroxyl groups excluding tert-OH is 9. The number of hydrogen-bond acceptors (Lipinski definition) is 30. The lowest BCUT2D eigenvalue weighted by molar-refractivity contribution is -0.107. The van der Waals surface area contributed by atoms with Crippen LogP contribution in [0.5, 0.6) is 0 Å². The van der Waals surface area contributed by atoms with Gasteiger partial charge in [0.1, 0.15) is 91.4 Å². The third-order valence-electron chi connectivity index (χ3n) is 14.8. The van der Waals surface area contributed by atoms with Gasteiger partial charge in [0, 0.05) is 38.3 Å². The van der Waals surface area contributed by atoms with E-state index in [1.807, 2.05) is 6.92 Å². The van der Waals surface area contributed by atoms with Crippen molar-refractivity contribution in [3.8, 4) is 12.1 Å². The molecule has 12 rings (SSSR count). The molecule has 0 radical (unpaired) electrons. The second-order valence-corrected chi connectivity index (χ2v) is 23.4. The Bertz CT molecular complexity index is 3930. The lowest BCUT2D eigenvalue weighted by Crippen LogP contribution is -2.44. The first-order valence-corrected chi connectivity index (χ1v) is 29.0. The van der Waals surface area contributed by atoms with Crippen LogP contribution in [0.2, 0.25) is 0 Å². The minimum Gasteiger partial charge on any atom is -0.397 e. The molecule has 30 nitrogen and oxygen atoms in total. The maximum absolute atomic E-state index is 14.5. The Morgan fingerprint density at radius 3 is 1.43 bits per heavy atom. The quantitative estimate of drug-likeness (QED) is 0.0522. The van der Waals surface area contributed by atoms with E-state index in [9.17, 15) is 59.1 Å². The summed E-state index contributed by atoms with van der Waals surface area (Å²) >= 11 is 5.24. The topological polar surface area (TPSA) is 506 Å². The molecule has 0 spiro atoms. The van der Waals surface area contributed by atoms with Crippen molar-refractivity contribution < 1.29 is 78.1 Å². The second kappa shape index (κ2) is 25.4. The highest BCUT2D eigenvalue weighted by atomic mass is 32.1. The largest absolute Gasteiger partial charge is 0.397 e. The molecular weight excluding hydrogens is 1230 g/mol. The average Bonchev–Trinajstić information content (AvgIpc) is 1.92. The van der Waals surface area contributed by atoms with E-state index in [0.29, 0.717) is 60.5 Å². The fraction of sp³-hybridized carbons (Fsp3) is 0.460. The number of anilines is 2. The second-order valence-electron chi connectivity index (χ2n) is 19.9. The maximum atomic E-state index is 14.5. The molecular formula is C50H50F3N17O13S4. The van der Waals surface area contributed by atoms with Crippen LogP contribution in [0.15, 0.2) is 56.7 Å². The van der Waals surface area contributed by atoms with Crippen molar-refractivity contribution in [2.45, 2.75) is 117 Å². The van der Waals surface area contributed by atoms with E-state index in [4.69, 9.17) is 52.0 Å². The number of fused-ring (bicyclic) bond motifs is 4. The molecule has 0 aromatic carbocycles. The SMILES string of the molecule is Cc1nc(N)c2scc([C@@H]3O[C@@](CO)(N=[N+]=[N-])[C@@H](O)[C@H]3F)c2n1.Cc1ncnc2c([C@@H]3O[C@@](CO)(N=[N+]=[N-])[C@@H](O)[C@H]3F)csc12.Cc1ncnc2c([C@@H]3O[C@](C#N)(CO)[C@@H](O)[C@H]3F)csc12.N#C[C@]1(CO)O[C@@H](c2csc3c(N)ccnc23)[C@H](O)[C@@H]1O. The fourth-order valence-electron chi connectivity index (χ4n) is 10.1. The standard InChI is InChI=1S/C13H12FN3O3S.C13H13N3O4S.C12H13FN6O3S.C12H12FN5O3S/c1-6-11-9(17-5-16-6)7(2-21-11)10-8(14)12(19)13(3-15,4-18)20-10;14-4-13(5-17)12(19)9(18)10(20-13)6-3-21-11-7(15)1-2-16-8(6)11;1-4-16-7-5(2-23-9(7)11(14)17-4)8-6(13)10(21)12(3-20,22-8)18-19-15;1-5-10-8(16-4-15-5)6(2-22-10)9-7(13)11(20)12(3-19,21-9)17-18-14/h2,5,8,10,12,18-19H,4H2,1H3;1-3,9-10,12,17-19H,5H2,(H2,15,16);2,6,8,10,20-21H,3H2,1H3,(H2,14,16,17);2,4,7,9,11,19-20H,3H2,1H3/t8-,10-,12-,13+;9-,10-,12-,13+;6-,8-,10-,12+;7-,9-,11-,12+/m0000/s1. The van der Waals surface area contributed by atoms with Gasteiger partial charge in [-0.15, -0.1) is 45.3 Å². The summed E-state index contributed by atoms with van der Waals surface area (Å²) < 4.78 is 67.9. The molecule has 0 saturated carbocycles. The number of aromatic nitrogens is 7. The zero-order chi connectivity index (χ0) is 63.1. The van der Waals surface area contributed by atoms with Crippen LogP contribution in [-0.4, -0.2) is 179 Å². The normalized spacial score (nSPS) is 31.6. The molecule has 4 aliphatic rings. The van der Waals surface area contributed by atoms with Gasteiger partial charge in [-0.3, -0.25) is 4.98 Å². The molecule has 4 aliphatic heterocycles. The van der Waals surface area contributed by atoms with Crippen LogP contribution < -0.4 is 11.5 Å². The zero-order valence-electron chi connectivity index (χ0n) is 45.2. The highest BCUT2D eigenvalue weighted by molar-refractivity contribution is 7.18. The first-order valence-electron chi connectivity index (χ1n) is 25.5. The number of halogens is 3. The molecule has 13 N–H and O–H groups in total. The van der Waals surface area contributed by atoms with Gasteiger partial charge in [0.25, 0.3) is 0 Å². The summed E-state index contributed by atoms with van der Waals surface area (Å²) in [7, 11) is 0. The summed E-state index contributed by atoms with van der Waals surface area (Å²) in [6.45, 7) is 2.09. The van der Waals surface area contributed by atoms with Crippen LogP contribution >= 0.6 is 45.3 Å². The Kier molecular flexibility index (Phi) is 18.8. The summed E-state index contributed by atoms with van der Waals surface area (Å²) in [6, 6.07) is 5.07. The number of nitrogen functional groups attached to an aromatic ring is 2. The van der Waals surface area contributed by atoms with E-state index in [1.165, 1.54) is 64.2 Å². The molecule has 458 valence electrons. The van der Waals surface area contributed by atoms with E-state index in [2.05, 4.69) is 54.9 Å². The third-order valence-corrected chi connectivity index (χ3v) is 19.0. The van der Waals surface area contributed by atoms with Crippen LogP contribution in [0.1, 0.15) is 63.9 Å². The number of nitrogens with two attached hydrogens (primary N) is 2. The molecule has 0 bridgehead atoms. The van der Waals surface area contributed by atoms with Gasteiger partial charge in [-0.1, -0.05) is 10.2 Å². The van der Waals surface area contributed by atoms with Gasteiger partial charge in [-0.25, -0.2) is 43.1 Å². The van der Waals surface area contributed by atoms with Crippen molar-refractivity contribution in [3.05, 3.63) is 107 Å². The molecule has 0 aliphatic carbocycles. The van der Waals surface area contributed by atoms with Crippen LogP contribution in [0.3, 0.4) is 0 Å². The molecule has 8 aromatic heterocycles. The third kappa shape index (κ3) is 11.0. The summed E-state index contributed by atoms with van der Waals surface area (Å²) in [5, 5.41) is 119. The summed E-state index contributed by atoms with van der Waals surface area (Å²) in [6.07, 6.45) is -13.9. The van der Waals surface area contributed by atoms with Crippen molar-refractivity contribution in [2.24, 2.45) is 10.2 Å². The van der Waals surface area contributed by atoms with Crippen LogP contribution in [0.25, 0.3) is 61.8 Å². The Hall–Kier alpha value is -7.30. The molecule has 8 aromatic rings. The fourth-order valence-corrected chi connectivity index (χ4v) is 14.0. The summed E-state index contributed by atoms with van der Waals surface area (Å²) in [5.74, 6) is 0.674. The number of alkyl halides is 3. The molecule has 0 amide bonds. The van der Waals surface area contributed by atoms with Gasteiger partial charge >= 0.3 is 0 Å². The van der Waals surface area contributed by atoms with Crippen molar-refractivity contribution in [3.63, 3.8) is 0 Å². The molecule has 16 atom stereocenters. The lowest BCUT2D eigenvalue weighted by atomic mass is 9.95. The van der Waals surface area contributed by atoms with Crippen molar-refractivity contribution in [2.75, 3.05) is 37.9 Å². The Labute approximate surface area is 502 Å². The Morgan fingerprint density at radius 1 is 0.563 bits per heavy atom. The van der Waals surface area contributed by atoms with Gasteiger partial charge in [0.2, 0.25) is 11.2 Å². The first kappa shape index (κ1) is 64.2. The van der Waals surface area contributed by atoms with Gasteiger partial charge in [0.15, 0.2) is 30.0 Å². The van der Waals surface area contributed by atoms with Crippen molar-refractivity contribution >= 4 is 97.7 Å². The number of rotatable bonds is 10. The van der Waals surface area contributed by atoms with E-state index in [-0.39, 0.29) is 5.82 Å². The number of ether oxygens (including phenoxy) is 4. The van der Waals surface area contributed by atoms with E-state index in [1.54, 1.807) is 53.6 Å². The van der Waals surface area contributed by atoms with Crippen molar-refractivity contribution in [1.29, 1.82) is 10.5 Å². The molecule has 0 unspecified atom stereocenters. The zero-order valence-corrected chi connectivity index (χ0v) is 48.4. The van der Waals surface area contributed by atoms with Gasteiger partial charge in [-0.05, 0) is 59.4 Å². The number of nitrogens with zero attached hydrogens (tertiary/aromatic N) is 15. The number of aryl methyl sites for hydroxylation is 3. The average molecular weight is 1280 g/mol. The highest BCUT2D eigenvalue weighted by Crippen LogP contribution is 2.49. The number of thiophene rings is 4. The Morgan fingerprint density at radius 2 is 0.977 bits per heavy atom. The summed E-state index contributed by atoms with van der Waals surface area (Å²) in [5.41, 5.74) is 26.8. The minimum atomic E-state index is -2.07. The Balaban J connectivity index is 0.000000138. The predicted octanol–water partition coefficient (Wildman–Crippen LogP) is 4.07. The monoisotopic (exact) mass is 1280 g/mol. The number of nitriles is 2. The molecule has 37 heteroatoms. The maximum Gasteiger partial charge on any atom is 0.206 e. The van der Waals surface area contributed by atoms with Crippen LogP contribution in [0.4, 0.5) is 24.7 Å². The number of hydrogen-bond donors (Lipinski definition) is 11. The molecule has 4 fully saturated rings. The van der Waals surface area contributed by atoms with Gasteiger partial charge in [0.05, 0.1) is 84.4 Å². The highest BCUT2D eigenvalue weighted by Gasteiger charge is 2.59. The summed E-state index contributed by atoms with van der Waals surface area (Å²) in [4.78, 5) is 33.9. The van der Waals surface area contributed by atoms with Crippen LogP contribution in [-0.2, 0) is 18.9 Å². The first-order chi connectivity index (χ1) is 41.5. The smallest absolute Gasteiger partial charge is 0.206 e. The molecule has 12 heterocycles. The van der Waals surface area contributed by atoms with Crippen molar-refractivity contribution in [1.82, 2.24) is 34.9 Å². The molecule has 87 heavy (non-hydrogen) atoms. The molecule has 4 saturated heterocycles. The van der Waals surface area contributed by atoms with Crippen LogP contribution in [0, 0.1) is 43.4 Å². The number of pyridine rings is 1. The predicted molar refractivity (Wildman–Crippen MR) is 304 cm³/mol. The lowest BCUT2D eigenvalue weighted by Gasteiger charge is -2.23. The van der Waals surface area contributed by atoms with Gasteiger partial charge < -0.3 is 76.4 Å². The van der Waals surface area contributed by atoms with E-state index >= 15 is 0 Å². The van der Waals surface area contributed by atoms with E-state index < -0.39 is 123 Å². The number of azide groups is 2. The van der Waals surface area contributed by atoms with E-state index in [0.717, 1.165) is 25.5 Å².